The van der Waals surface area contributed by atoms with Crippen LogP contribution in [0, 0.1) is 11.8 Å². The van der Waals surface area contributed by atoms with E-state index in [0.29, 0.717) is 5.56 Å². The van der Waals surface area contributed by atoms with Crippen molar-refractivity contribution in [3.63, 3.8) is 0 Å². The van der Waals surface area contributed by atoms with E-state index in [4.69, 9.17) is 4.74 Å². The van der Waals surface area contributed by atoms with E-state index in [-0.39, 0.29) is 17.0 Å². The number of anilines is 2. The zero-order valence-electron chi connectivity index (χ0n) is 19.4. The van der Waals surface area contributed by atoms with Crippen molar-refractivity contribution in [2.24, 2.45) is 11.8 Å². The number of esters is 1. The number of benzene rings is 3. The lowest BCUT2D eigenvalue weighted by Gasteiger charge is -2.36. The van der Waals surface area contributed by atoms with Crippen LogP contribution in [0.1, 0.15) is 26.3 Å². The van der Waals surface area contributed by atoms with Gasteiger partial charge in [-0.05, 0) is 23.8 Å². The zero-order chi connectivity index (χ0) is 25.0. The van der Waals surface area contributed by atoms with Crippen LogP contribution in [0.25, 0.3) is 6.08 Å². The lowest BCUT2D eigenvalue weighted by Crippen LogP contribution is -2.49. The summed E-state index contributed by atoms with van der Waals surface area (Å²) in [6.07, 6.45) is 3.84. The smallest absolute Gasteiger partial charge is 0.339 e. The molecule has 0 radical (unpaired) electrons. The number of carbonyl (C=O) groups excluding carboxylic acids is 4. The molecule has 0 aliphatic carbocycles. The first kappa shape index (κ1) is 22.0. The van der Waals surface area contributed by atoms with Gasteiger partial charge in [-0.15, -0.1) is 0 Å². The average Bonchev–Trinajstić information content (AvgIpc) is 3.40. The second kappa shape index (κ2) is 8.30. The molecule has 2 saturated heterocycles. The molecule has 7 nitrogen and oxygen atoms in total. The Morgan fingerprint density at radius 1 is 0.778 bits per heavy atom. The van der Waals surface area contributed by atoms with E-state index in [0.717, 1.165) is 16.2 Å². The van der Waals surface area contributed by atoms with E-state index in [2.05, 4.69) is 0 Å². The van der Waals surface area contributed by atoms with Gasteiger partial charge in [0.25, 0.3) is 0 Å². The summed E-state index contributed by atoms with van der Waals surface area (Å²) in [6.45, 7) is 0. The summed E-state index contributed by atoms with van der Waals surface area (Å²) >= 11 is 0. The number of methoxy groups -OCH3 is 1. The van der Waals surface area contributed by atoms with Gasteiger partial charge < -0.3 is 9.64 Å². The number of Topliss-reactive ketones (excluding diaryl/α,β-unsaturated/α-hetero) is 1. The number of hydrogen-bond donors (Lipinski definition) is 0. The average molecular weight is 479 g/mol. The highest BCUT2D eigenvalue weighted by Gasteiger charge is 2.64. The van der Waals surface area contributed by atoms with Gasteiger partial charge in [0.05, 0.1) is 36.2 Å². The van der Waals surface area contributed by atoms with Gasteiger partial charge in [0.15, 0.2) is 5.78 Å². The predicted octanol–water partition coefficient (Wildman–Crippen LogP) is 3.75. The van der Waals surface area contributed by atoms with Gasteiger partial charge in [-0.1, -0.05) is 72.8 Å². The monoisotopic (exact) mass is 478 g/mol. The van der Waals surface area contributed by atoms with Crippen LogP contribution in [0.15, 0.2) is 84.9 Å². The predicted molar refractivity (Wildman–Crippen MR) is 134 cm³/mol. The Labute approximate surface area is 207 Å². The highest BCUT2D eigenvalue weighted by atomic mass is 16.5. The molecule has 3 aromatic rings. The van der Waals surface area contributed by atoms with Crippen molar-refractivity contribution in [1.82, 2.24) is 0 Å². The van der Waals surface area contributed by atoms with Crippen LogP contribution in [-0.4, -0.2) is 42.8 Å². The third-order valence-corrected chi connectivity index (χ3v) is 7.29. The molecule has 2 fully saturated rings. The fraction of sp³-hybridized carbons (Fsp3) is 0.172. The Morgan fingerprint density at radius 2 is 1.42 bits per heavy atom. The quantitative estimate of drug-likeness (QED) is 0.323. The number of nitrogens with zero attached hydrogens (tertiary/aromatic N) is 2. The van der Waals surface area contributed by atoms with Crippen LogP contribution in [0.4, 0.5) is 11.4 Å². The lowest BCUT2D eigenvalue weighted by molar-refractivity contribution is -0.122. The van der Waals surface area contributed by atoms with Crippen molar-refractivity contribution < 1.29 is 23.9 Å². The summed E-state index contributed by atoms with van der Waals surface area (Å²) in [5.74, 6) is -3.46. The van der Waals surface area contributed by atoms with Crippen molar-refractivity contribution in [1.29, 1.82) is 0 Å². The Balaban J connectivity index is 1.50. The standard InChI is InChI=1S/C29H22N2O5/c1-36-29(35)19-12-6-8-14-21(19)31-27(33)23-22-16-15-17-9-5-7-13-20(17)30(22)25(24(23)28(31)34)26(32)18-10-3-2-4-11-18/h2-16,22-25H,1H3. The number of rotatable bonds is 4. The lowest BCUT2D eigenvalue weighted by atomic mass is 9.86. The molecule has 4 unspecified atom stereocenters. The molecule has 0 saturated carbocycles. The molecule has 0 bridgehead atoms. The van der Waals surface area contributed by atoms with Crippen LogP contribution >= 0.6 is 0 Å². The number of imide groups is 1. The Hall–Kier alpha value is -4.52. The van der Waals surface area contributed by atoms with E-state index in [1.807, 2.05) is 47.4 Å². The summed E-state index contributed by atoms with van der Waals surface area (Å²) in [5, 5.41) is 0. The molecular weight excluding hydrogens is 456 g/mol. The molecule has 2 amide bonds. The van der Waals surface area contributed by atoms with Crippen LogP contribution in [0.3, 0.4) is 0 Å². The molecule has 3 aliphatic rings. The van der Waals surface area contributed by atoms with Crippen molar-refractivity contribution in [2.75, 3.05) is 16.9 Å². The Kier molecular flexibility index (Phi) is 5.07. The van der Waals surface area contributed by atoms with E-state index < -0.39 is 41.7 Å². The second-order valence-electron chi connectivity index (χ2n) is 9.06. The highest BCUT2D eigenvalue weighted by molar-refractivity contribution is 6.27. The molecular formula is C29H22N2O5. The largest absolute Gasteiger partial charge is 0.465 e. The molecule has 0 spiro atoms. The van der Waals surface area contributed by atoms with Gasteiger partial charge >= 0.3 is 5.97 Å². The normalized spacial score (nSPS) is 23.8. The molecule has 4 atom stereocenters. The number of ether oxygens (including phenoxy) is 1. The fourth-order valence-corrected chi connectivity index (χ4v) is 5.78. The SMILES string of the molecule is COC(=O)c1ccccc1N1C(=O)C2C(C1=O)C(C(=O)c1ccccc1)N1c3ccccc3C=CC21. The molecule has 36 heavy (non-hydrogen) atoms. The maximum Gasteiger partial charge on any atom is 0.339 e. The third kappa shape index (κ3) is 3.05. The van der Waals surface area contributed by atoms with E-state index in [1.54, 1.807) is 42.5 Å². The summed E-state index contributed by atoms with van der Waals surface area (Å²) in [7, 11) is 1.25. The van der Waals surface area contributed by atoms with Crippen molar-refractivity contribution >= 4 is 41.0 Å². The molecule has 3 heterocycles. The summed E-state index contributed by atoms with van der Waals surface area (Å²) in [5.41, 5.74) is 2.51. The third-order valence-electron chi connectivity index (χ3n) is 7.29. The maximum absolute atomic E-state index is 14.0. The number of hydrogen-bond acceptors (Lipinski definition) is 6. The molecule has 7 heteroatoms. The van der Waals surface area contributed by atoms with Crippen LogP contribution in [0.2, 0.25) is 0 Å². The van der Waals surface area contributed by atoms with Crippen LogP contribution in [0.5, 0.6) is 0 Å². The van der Waals surface area contributed by atoms with E-state index in [9.17, 15) is 19.2 Å². The minimum Gasteiger partial charge on any atom is -0.465 e. The van der Waals surface area contributed by atoms with Crippen LogP contribution in [-0.2, 0) is 14.3 Å². The van der Waals surface area contributed by atoms with Gasteiger partial charge in [-0.2, -0.15) is 0 Å². The molecule has 3 aromatic carbocycles. The summed E-state index contributed by atoms with van der Waals surface area (Å²) in [6, 6.07) is 21.5. The van der Waals surface area contributed by atoms with Crippen molar-refractivity contribution in [3.8, 4) is 0 Å². The molecule has 0 N–H and O–H groups in total. The number of ketones is 1. The minimum atomic E-state index is -0.906. The zero-order valence-corrected chi connectivity index (χ0v) is 19.4. The van der Waals surface area contributed by atoms with Gasteiger partial charge in [0, 0.05) is 11.3 Å². The van der Waals surface area contributed by atoms with Gasteiger partial charge in [-0.25, -0.2) is 9.69 Å². The molecule has 178 valence electrons. The van der Waals surface area contributed by atoms with Crippen LogP contribution < -0.4 is 9.80 Å². The first-order valence-electron chi connectivity index (χ1n) is 11.7. The molecule has 0 aromatic heterocycles. The van der Waals surface area contributed by atoms with Gasteiger partial charge in [-0.3, -0.25) is 14.4 Å². The minimum absolute atomic E-state index is 0.119. The summed E-state index contributed by atoms with van der Waals surface area (Å²) < 4.78 is 4.88. The number of para-hydroxylation sites is 2. The van der Waals surface area contributed by atoms with E-state index >= 15 is 0 Å². The second-order valence-corrected chi connectivity index (χ2v) is 9.06. The Bertz CT molecular complexity index is 1450. The Morgan fingerprint density at radius 3 is 2.17 bits per heavy atom. The van der Waals surface area contributed by atoms with Crippen molar-refractivity contribution in [2.45, 2.75) is 12.1 Å². The first-order valence-corrected chi connectivity index (χ1v) is 11.7. The topological polar surface area (TPSA) is 84.0 Å². The number of carbonyl (C=O) groups is 4. The van der Waals surface area contributed by atoms with E-state index in [1.165, 1.54) is 13.2 Å². The maximum atomic E-state index is 14.0. The number of amides is 2. The highest BCUT2D eigenvalue weighted by Crippen LogP contribution is 2.50. The van der Waals surface area contributed by atoms with Gasteiger partial charge in [0.2, 0.25) is 11.8 Å². The number of fused-ring (bicyclic) bond motifs is 5. The van der Waals surface area contributed by atoms with Crippen molar-refractivity contribution in [3.05, 3.63) is 102 Å². The first-order chi connectivity index (χ1) is 17.5. The summed E-state index contributed by atoms with van der Waals surface area (Å²) in [4.78, 5) is 57.3. The van der Waals surface area contributed by atoms with Gasteiger partial charge in [0.1, 0.15) is 6.04 Å². The fourth-order valence-electron chi connectivity index (χ4n) is 5.78. The molecule has 6 rings (SSSR count). The molecule has 3 aliphatic heterocycles.